The molecule has 0 bridgehead atoms. The van der Waals surface area contributed by atoms with Crippen LogP contribution >= 0.6 is 11.6 Å². The lowest BCUT2D eigenvalue weighted by Crippen LogP contribution is -2.08. The average molecular weight is 331 g/mol. The number of para-hydroxylation sites is 1. The molecule has 116 valence electrons. The number of benzene rings is 1. The van der Waals surface area contributed by atoms with Gasteiger partial charge in [-0.05, 0) is 24.6 Å². The summed E-state index contributed by atoms with van der Waals surface area (Å²) < 4.78 is 18.2. The van der Waals surface area contributed by atoms with E-state index in [1.807, 2.05) is 31.2 Å². The van der Waals surface area contributed by atoms with Crippen molar-refractivity contribution in [1.82, 2.24) is 9.97 Å². The van der Waals surface area contributed by atoms with Gasteiger partial charge in [0.2, 0.25) is 5.95 Å². The first-order valence-electron chi connectivity index (χ1n) is 6.88. The van der Waals surface area contributed by atoms with Crippen LogP contribution in [0.15, 0.2) is 42.6 Å². The molecule has 6 heteroatoms. The monoisotopic (exact) mass is 330 g/mol. The number of carbonyl (C=O) groups excluding carboxylic acids is 1. The van der Waals surface area contributed by atoms with Crippen molar-refractivity contribution in [2.75, 3.05) is 0 Å². The lowest BCUT2D eigenvalue weighted by Gasteiger charge is -2.10. The van der Waals surface area contributed by atoms with Gasteiger partial charge in [-0.3, -0.25) is 0 Å². The van der Waals surface area contributed by atoms with Gasteiger partial charge in [-0.2, -0.15) is 4.39 Å². The Balaban J connectivity index is 1.84. The minimum atomic E-state index is -0.739. The van der Waals surface area contributed by atoms with Gasteiger partial charge in [0.1, 0.15) is 6.61 Å². The molecule has 0 saturated heterocycles. The molecule has 4 nitrogen and oxygen atoms in total. The van der Waals surface area contributed by atoms with E-state index in [1.54, 1.807) is 0 Å². The topological polar surface area (TPSA) is 52.1 Å². The highest BCUT2D eigenvalue weighted by Crippen LogP contribution is 2.27. The highest BCUT2D eigenvalue weighted by atomic mass is 35.5. The summed E-state index contributed by atoms with van der Waals surface area (Å²) in [6.07, 6.45) is 1.21. The fraction of sp³-hybridized carbons (Fsp3) is 0.118. The molecule has 0 spiro atoms. The first kappa shape index (κ1) is 15.4. The summed E-state index contributed by atoms with van der Waals surface area (Å²) in [7, 11) is 0. The second-order valence-electron chi connectivity index (χ2n) is 4.96. The summed E-state index contributed by atoms with van der Waals surface area (Å²) in [6.45, 7) is 1.79. The second-order valence-corrected chi connectivity index (χ2v) is 5.34. The number of hydrogen-bond acceptors (Lipinski definition) is 4. The van der Waals surface area contributed by atoms with E-state index in [0.717, 1.165) is 22.5 Å². The van der Waals surface area contributed by atoms with Crippen LogP contribution in [0.4, 0.5) is 4.39 Å². The highest BCUT2D eigenvalue weighted by molar-refractivity contribution is 6.32. The molecular formula is C17H12ClFN2O2. The molecule has 23 heavy (non-hydrogen) atoms. The van der Waals surface area contributed by atoms with E-state index < -0.39 is 11.9 Å². The molecule has 0 aliphatic heterocycles. The Morgan fingerprint density at radius 2 is 2.09 bits per heavy atom. The minimum absolute atomic E-state index is 0.0890. The van der Waals surface area contributed by atoms with Crippen molar-refractivity contribution in [3.63, 3.8) is 0 Å². The summed E-state index contributed by atoms with van der Waals surface area (Å²) in [5, 5.41) is 1.40. The zero-order chi connectivity index (χ0) is 16.4. The van der Waals surface area contributed by atoms with Crippen LogP contribution in [-0.4, -0.2) is 15.9 Å². The van der Waals surface area contributed by atoms with Gasteiger partial charge in [0.15, 0.2) is 0 Å². The smallest absolute Gasteiger partial charge is 0.338 e. The fourth-order valence-corrected chi connectivity index (χ4v) is 2.46. The Hall–Kier alpha value is -2.53. The van der Waals surface area contributed by atoms with Crippen molar-refractivity contribution in [2.45, 2.75) is 13.5 Å². The third kappa shape index (κ3) is 3.14. The van der Waals surface area contributed by atoms with Crippen molar-refractivity contribution in [1.29, 1.82) is 0 Å². The Morgan fingerprint density at radius 1 is 1.30 bits per heavy atom. The fourth-order valence-electron chi connectivity index (χ4n) is 2.26. The number of rotatable bonds is 3. The number of hydrogen-bond donors (Lipinski definition) is 0. The summed E-state index contributed by atoms with van der Waals surface area (Å²) >= 11 is 6.30. The number of aromatic nitrogens is 2. The number of pyridine rings is 2. The molecule has 0 atom stereocenters. The van der Waals surface area contributed by atoms with Crippen molar-refractivity contribution >= 4 is 28.5 Å². The van der Waals surface area contributed by atoms with E-state index >= 15 is 0 Å². The number of esters is 1. The maximum Gasteiger partial charge on any atom is 0.338 e. The van der Waals surface area contributed by atoms with E-state index in [1.165, 1.54) is 12.3 Å². The number of carbonyl (C=O) groups is 1. The largest absolute Gasteiger partial charge is 0.456 e. The number of aryl methyl sites for hydroxylation is 1. The number of ether oxygens (including phenoxy) is 1. The third-order valence-corrected chi connectivity index (χ3v) is 3.95. The van der Waals surface area contributed by atoms with Crippen LogP contribution < -0.4 is 0 Å². The van der Waals surface area contributed by atoms with Crippen LogP contribution in [-0.2, 0) is 11.3 Å². The first-order chi connectivity index (χ1) is 11.1. The normalized spacial score (nSPS) is 10.7. The standard InChI is InChI=1S/C17H12ClFN2O2/c1-10-12-4-2-3-5-13(12)21-14(16(10)18)9-23-17(22)11-6-7-20-15(19)8-11/h2-8H,9H2,1H3. The summed E-state index contributed by atoms with van der Waals surface area (Å²) in [5.41, 5.74) is 2.20. The molecule has 1 aromatic carbocycles. The van der Waals surface area contributed by atoms with Gasteiger partial charge in [0.05, 0.1) is 21.8 Å². The SMILES string of the molecule is Cc1c(Cl)c(COC(=O)c2ccnc(F)c2)nc2ccccc12. The minimum Gasteiger partial charge on any atom is -0.456 e. The first-order valence-corrected chi connectivity index (χ1v) is 7.26. The quantitative estimate of drug-likeness (QED) is 0.536. The molecule has 0 unspecified atom stereocenters. The van der Waals surface area contributed by atoms with Crippen LogP contribution in [0.3, 0.4) is 0 Å². The molecule has 2 aromatic heterocycles. The molecule has 2 heterocycles. The summed E-state index contributed by atoms with van der Waals surface area (Å²) in [6, 6.07) is 9.97. The molecule has 0 aliphatic carbocycles. The van der Waals surface area contributed by atoms with Crippen LogP contribution in [0.25, 0.3) is 10.9 Å². The lowest BCUT2D eigenvalue weighted by molar-refractivity contribution is 0.0467. The molecule has 3 aromatic rings. The van der Waals surface area contributed by atoms with Gasteiger partial charge in [-0.25, -0.2) is 14.8 Å². The molecule has 0 N–H and O–H groups in total. The summed E-state index contributed by atoms with van der Waals surface area (Å²) in [5.74, 6) is -1.40. The van der Waals surface area contributed by atoms with E-state index in [2.05, 4.69) is 9.97 Å². The van der Waals surface area contributed by atoms with E-state index in [0.29, 0.717) is 10.7 Å². The maximum absolute atomic E-state index is 13.0. The predicted molar refractivity (Wildman–Crippen MR) is 84.8 cm³/mol. The second kappa shape index (κ2) is 6.30. The van der Waals surface area contributed by atoms with Crippen LogP contribution in [0.1, 0.15) is 21.6 Å². The van der Waals surface area contributed by atoms with Gasteiger partial charge >= 0.3 is 5.97 Å². The molecule has 0 fully saturated rings. The Morgan fingerprint density at radius 3 is 2.87 bits per heavy atom. The molecule has 0 saturated carbocycles. The van der Waals surface area contributed by atoms with E-state index in [9.17, 15) is 9.18 Å². The Bertz CT molecular complexity index is 899. The van der Waals surface area contributed by atoms with Gasteiger partial charge in [0.25, 0.3) is 0 Å². The predicted octanol–water partition coefficient (Wildman–Crippen LogP) is 4.09. The molecule has 0 radical (unpaired) electrons. The van der Waals surface area contributed by atoms with Crippen molar-refractivity contribution < 1.29 is 13.9 Å². The lowest BCUT2D eigenvalue weighted by atomic mass is 10.1. The van der Waals surface area contributed by atoms with E-state index in [4.69, 9.17) is 16.3 Å². The molecule has 0 amide bonds. The van der Waals surface area contributed by atoms with Crippen LogP contribution in [0.2, 0.25) is 5.02 Å². The third-order valence-electron chi connectivity index (χ3n) is 3.45. The Kier molecular flexibility index (Phi) is 4.21. The van der Waals surface area contributed by atoms with Gasteiger partial charge in [-0.1, -0.05) is 29.8 Å². The molecule has 3 rings (SSSR count). The maximum atomic E-state index is 13.0. The zero-order valence-corrected chi connectivity index (χ0v) is 13.0. The van der Waals surface area contributed by atoms with E-state index in [-0.39, 0.29) is 12.2 Å². The zero-order valence-electron chi connectivity index (χ0n) is 12.2. The van der Waals surface area contributed by atoms with Gasteiger partial charge in [-0.15, -0.1) is 0 Å². The number of fused-ring (bicyclic) bond motifs is 1. The molecular weight excluding hydrogens is 319 g/mol. The van der Waals surface area contributed by atoms with Crippen molar-refractivity contribution in [3.05, 3.63) is 70.4 Å². The Labute approximate surface area is 136 Å². The average Bonchev–Trinajstić information content (AvgIpc) is 2.56. The summed E-state index contributed by atoms with van der Waals surface area (Å²) in [4.78, 5) is 19.8. The highest BCUT2D eigenvalue weighted by Gasteiger charge is 2.14. The van der Waals surface area contributed by atoms with Gasteiger partial charge < -0.3 is 4.74 Å². The van der Waals surface area contributed by atoms with Crippen molar-refractivity contribution in [3.8, 4) is 0 Å². The van der Waals surface area contributed by atoms with Crippen LogP contribution in [0, 0.1) is 12.9 Å². The number of halogens is 2. The van der Waals surface area contributed by atoms with Gasteiger partial charge in [0, 0.05) is 17.6 Å². The number of nitrogens with zero attached hydrogens (tertiary/aromatic N) is 2. The molecule has 0 aliphatic rings. The van der Waals surface area contributed by atoms with Crippen molar-refractivity contribution in [2.24, 2.45) is 0 Å². The van der Waals surface area contributed by atoms with Crippen LogP contribution in [0.5, 0.6) is 0 Å².